The van der Waals surface area contributed by atoms with E-state index in [1.54, 1.807) is 12.1 Å². The van der Waals surface area contributed by atoms with Gasteiger partial charge in [-0.05, 0) is 37.1 Å². The number of amides is 3. The summed E-state index contributed by atoms with van der Waals surface area (Å²) in [5.41, 5.74) is 0.714. The van der Waals surface area contributed by atoms with E-state index in [-0.39, 0.29) is 17.6 Å². The molecule has 1 saturated carbocycles. The standard InChI is InChI=1S/C19H20FN3O4S/c20-13-8-6-12(7-9-13)17-22-15(11-28-17)18(25)27-10-16(24)23-19(26)21-14-4-2-1-3-5-14/h6-9,11,14H,1-5,10H2,(H2,21,23,24,26). The maximum Gasteiger partial charge on any atom is 0.358 e. The Morgan fingerprint density at radius 3 is 2.57 bits per heavy atom. The quantitative estimate of drug-likeness (QED) is 0.744. The second-order valence-electron chi connectivity index (χ2n) is 6.48. The van der Waals surface area contributed by atoms with E-state index in [1.165, 1.54) is 28.8 Å². The van der Waals surface area contributed by atoms with Crippen molar-refractivity contribution in [3.8, 4) is 10.6 Å². The topological polar surface area (TPSA) is 97.4 Å². The van der Waals surface area contributed by atoms with Crippen LogP contribution in [-0.4, -0.2) is 35.5 Å². The van der Waals surface area contributed by atoms with Crippen molar-refractivity contribution < 1.29 is 23.5 Å². The number of nitrogens with one attached hydrogen (secondary N) is 2. The number of hydrogen-bond donors (Lipinski definition) is 2. The molecule has 0 unspecified atom stereocenters. The van der Waals surface area contributed by atoms with Gasteiger partial charge in [-0.3, -0.25) is 10.1 Å². The van der Waals surface area contributed by atoms with Crippen LogP contribution in [0.4, 0.5) is 9.18 Å². The molecule has 0 atom stereocenters. The molecule has 1 heterocycles. The minimum Gasteiger partial charge on any atom is -0.451 e. The monoisotopic (exact) mass is 405 g/mol. The summed E-state index contributed by atoms with van der Waals surface area (Å²) in [6, 6.07) is 5.21. The molecule has 0 aliphatic heterocycles. The van der Waals surface area contributed by atoms with E-state index in [0.29, 0.717) is 10.6 Å². The van der Waals surface area contributed by atoms with E-state index in [2.05, 4.69) is 15.6 Å². The number of urea groups is 1. The molecule has 148 valence electrons. The van der Waals surface area contributed by atoms with Crippen LogP contribution in [0.25, 0.3) is 10.6 Å². The predicted octanol–water partition coefficient (Wildman–Crippen LogP) is 3.26. The van der Waals surface area contributed by atoms with Crippen LogP contribution < -0.4 is 10.6 Å². The predicted molar refractivity (Wildman–Crippen MR) is 101 cm³/mol. The fraction of sp³-hybridized carbons (Fsp3) is 0.368. The van der Waals surface area contributed by atoms with E-state index in [0.717, 1.165) is 32.1 Å². The first-order valence-electron chi connectivity index (χ1n) is 9.00. The average Bonchev–Trinajstić information content (AvgIpc) is 3.17. The molecule has 1 fully saturated rings. The van der Waals surface area contributed by atoms with Gasteiger partial charge in [0.2, 0.25) is 0 Å². The Bertz CT molecular complexity index is 847. The zero-order valence-corrected chi connectivity index (χ0v) is 15.9. The van der Waals surface area contributed by atoms with Crippen molar-refractivity contribution in [3.63, 3.8) is 0 Å². The highest BCUT2D eigenvalue weighted by molar-refractivity contribution is 7.13. The number of ether oxygens (including phenoxy) is 1. The van der Waals surface area contributed by atoms with E-state index in [4.69, 9.17) is 4.74 Å². The van der Waals surface area contributed by atoms with Gasteiger partial charge >= 0.3 is 12.0 Å². The van der Waals surface area contributed by atoms with Crippen molar-refractivity contribution in [2.75, 3.05) is 6.61 Å². The van der Waals surface area contributed by atoms with Crippen molar-refractivity contribution in [2.24, 2.45) is 0 Å². The first-order valence-corrected chi connectivity index (χ1v) is 9.88. The van der Waals surface area contributed by atoms with Gasteiger partial charge in [-0.15, -0.1) is 11.3 Å². The molecule has 1 aliphatic rings. The molecule has 3 rings (SSSR count). The molecule has 9 heteroatoms. The van der Waals surface area contributed by atoms with Crippen molar-refractivity contribution in [3.05, 3.63) is 41.2 Å². The minimum absolute atomic E-state index is 0.0452. The summed E-state index contributed by atoms with van der Waals surface area (Å²) in [4.78, 5) is 39.8. The van der Waals surface area contributed by atoms with Crippen LogP contribution in [-0.2, 0) is 9.53 Å². The maximum atomic E-state index is 13.0. The Kier molecular flexibility index (Phi) is 6.70. The normalized spacial score (nSPS) is 14.3. The lowest BCUT2D eigenvalue weighted by Crippen LogP contribution is -2.46. The van der Waals surface area contributed by atoms with Crippen molar-refractivity contribution in [1.82, 2.24) is 15.6 Å². The third kappa shape index (κ3) is 5.59. The average molecular weight is 405 g/mol. The van der Waals surface area contributed by atoms with Crippen LogP contribution in [0.3, 0.4) is 0 Å². The lowest BCUT2D eigenvalue weighted by Gasteiger charge is -2.22. The van der Waals surface area contributed by atoms with Crippen LogP contribution in [0, 0.1) is 5.82 Å². The highest BCUT2D eigenvalue weighted by atomic mass is 32.1. The molecule has 3 amide bonds. The highest BCUT2D eigenvalue weighted by Gasteiger charge is 2.19. The number of nitrogens with zero attached hydrogens (tertiary/aromatic N) is 1. The van der Waals surface area contributed by atoms with Gasteiger partial charge < -0.3 is 10.1 Å². The Balaban J connectivity index is 1.45. The number of hydrogen-bond acceptors (Lipinski definition) is 6. The molecule has 1 aliphatic carbocycles. The molecule has 0 bridgehead atoms. The number of esters is 1. The summed E-state index contributed by atoms with van der Waals surface area (Å²) in [6.07, 6.45) is 5.08. The molecular weight excluding hydrogens is 385 g/mol. The van der Waals surface area contributed by atoms with Crippen LogP contribution in [0.5, 0.6) is 0 Å². The lowest BCUT2D eigenvalue weighted by molar-refractivity contribution is -0.123. The van der Waals surface area contributed by atoms with Gasteiger partial charge in [0.25, 0.3) is 5.91 Å². The Labute approximate surface area is 165 Å². The maximum absolute atomic E-state index is 13.0. The fourth-order valence-electron chi connectivity index (χ4n) is 2.93. The van der Waals surface area contributed by atoms with E-state index in [9.17, 15) is 18.8 Å². The van der Waals surface area contributed by atoms with Gasteiger partial charge in [-0.2, -0.15) is 0 Å². The minimum atomic E-state index is -0.771. The summed E-state index contributed by atoms with van der Waals surface area (Å²) < 4.78 is 17.9. The second kappa shape index (κ2) is 9.41. The van der Waals surface area contributed by atoms with Crippen molar-refractivity contribution >= 4 is 29.2 Å². The van der Waals surface area contributed by atoms with Crippen molar-refractivity contribution in [2.45, 2.75) is 38.1 Å². The third-order valence-electron chi connectivity index (χ3n) is 4.33. The van der Waals surface area contributed by atoms with Gasteiger partial charge in [0.1, 0.15) is 10.8 Å². The smallest absolute Gasteiger partial charge is 0.358 e. The molecule has 2 N–H and O–H groups in total. The number of carbonyl (C=O) groups is 3. The molecular formula is C19H20FN3O4S. The number of thiazole rings is 1. The molecule has 1 aromatic heterocycles. The Morgan fingerprint density at radius 1 is 1.14 bits per heavy atom. The Morgan fingerprint density at radius 2 is 1.86 bits per heavy atom. The van der Waals surface area contributed by atoms with Crippen LogP contribution in [0.1, 0.15) is 42.6 Å². The number of halogens is 1. The van der Waals surface area contributed by atoms with Gasteiger partial charge in [0, 0.05) is 17.0 Å². The molecule has 0 spiro atoms. The first-order chi connectivity index (χ1) is 13.5. The molecule has 2 aromatic rings. The summed E-state index contributed by atoms with van der Waals surface area (Å²) in [5.74, 6) is -1.85. The molecule has 28 heavy (non-hydrogen) atoms. The SMILES string of the molecule is O=C(COC(=O)c1csc(-c2ccc(F)cc2)n1)NC(=O)NC1CCCCC1. The molecule has 0 saturated heterocycles. The number of imide groups is 1. The number of carbonyl (C=O) groups excluding carboxylic acids is 3. The Hall–Kier alpha value is -2.81. The number of aromatic nitrogens is 1. The summed E-state index contributed by atoms with van der Waals surface area (Å²) in [6.45, 7) is -0.583. The second-order valence-corrected chi connectivity index (χ2v) is 7.34. The third-order valence-corrected chi connectivity index (χ3v) is 5.22. The van der Waals surface area contributed by atoms with Gasteiger partial charge in [0.05, 0.1) is 0 Å². The molecule has 1 aromatic carbocycles. The first kappa shape index (κ1) is 19.9. The highest BCUT2D eigenvalue weighted by Crippen LogP contribution is 2.24. The van der Waals surface area contributed by atoms with E-state index in [1.807, 2.05) is 0 Å². The zero-order valence-electron chi connectivity index (χ0n) is 15.1. The lowest BCUT2D eigenvalue weighted by atomic mass is 9.96. The van der Waals surface area contributed by atoms with Gasteiger partial charge in [-0.1, -0.05) is 19.3 Å². The molecule has 7 nitrogen and oxygen atoms in total. The summed E-state index contributed by atoms with van der Waals surface area (Å²) >= 11 is 1.20. The number of rotatable bonds is 5. The van der Waals surface area contributed by atoms with Crippen LogP contribution in [0.15, 0.2) is 29.6 Å². The largest absolute Gasteiger partial charge is 0.451 e. The van der Waals surface area contributed by atoms with Gasteiger partial charge in [-0.25, -0.2) is 19.0 Å². The summed E-state index contributed by atoms with van der Waals surface area (Å²) in [5, 5.41) is 6.92. The van der Waals surface area contributed by atoms with E-state index >= 15 is 0 Å². The van der Waals surface area contributed by atoms with E-state index < -0.39 is 24.5 Å². The molecule has 0 radical (unpaired) electrons. The van der Waals surface area contributed by atoms with Crippen LogP contribution >= 0.6 is 11.3 Å². The zero-order chi connectivity index (χ0) is 19.9. The summed E-state index contributed by atoms with van der Waals surface area (Å²) in [7, 11) is 0. The fourth-order valence-corrected chi connectivity index (χ4v) is 3.72. The van der Waals surface area contributed by atoms with Crippen LogP contribution in [0.2, 0.25) is 0 Å². The number of benzene rings is 1. The van der Waals surface area contributed by atoms with Gasteiger partial charge in [0.15, 0.2) is 12.3 Å². The van der Waals surface area contributed by atoms with Crippen molar-refractivity contribution in [1.29, 1.82) is 0 Å².